The lowest BCUT2D eigenvalue weighted by Gasteiger charge is -2.27. The molecule has 0 bridgehead atoms. The van der Waals surface area contributed by atoms with Crippen molar-refractivity contribution in [3.05, 3.63) is 98.8 Å². The number of ether oxygens (including phenoxy) is 1. The number of aromatic nitrogens is 1. The quantitative estimate of drug-likeness (QED) is 0.200. The molecule has 5 nitrogen and oxygen atoms in total. The van der Waals surface area contributed by atoms with E-state index in [1.807, 2.05) is 24.3 Å². The van der Waals surface area contributed by atoms with Crippen LogP contribution in [0.3, 0.4) is 0 Å². The topological polar surface area (TPSA) is 54.5 Å². The van der Waals surface area contributed by atoms with Gasteiger partial charge in [-0.15, -0.1) is 35.1 Å². The molecule has 6 rings (SSSR count). The Balaban J connectivity index is 0.00000308. The minimum atomic E-state index is -0.252. The number of nitrogens with zero attached hydrogens (tertiary/aromatic N) is 2. The normalized spacial score (nSPS) is 13.1. The Morgan fingerprint density at radius 2 is 1.82 bits per heavy atom. The van der Waals surface area contributed by atoms with Gasteiger partial charge in [0.15, 0.2) is 6.61 Å². The highest BCUT2D eigenvalue weighted by Crippen LogP contribution is 2.45. The van der Waals surface area contributed by atoms with E-state index in [1.165, 1.54) is 16.0 Å². The molecule has 1 amide bonds. The molecular weight excluding hydrogens is 593 g/mol. The van der Waals surface area contributed by atoms with Gasteiger partial charge in [-0.1, -0.05) is 65.7 Å². The predicted molar refractivity (Wildman–Crippen MR) is 165 cm³/mol. The van der Waals surface area contributed by atoms with Crippen molar-refractivity contribution in [2.24, 2.45) is 0 Å². The van der Waals surface area contributed by atoms with Crippen LogP contribution in [0, 0.1) is 0 Å². The van der Waals surface area contributed by atoms with Crippen LogP contribution < -0.4 is 10.1 Å². The number of carbonyl (C=O) groups excluding carboxylic acids is 1. The maximum Gasteiger partial charge on any atom is 0.262 e. The summed E-state index contributed by atoms with van der Waals surface area (Å²) in [6.45, 7) is 2.51. The first-order valence-electron chi connectivity index (χ1n) is 12.2. The van der Waals surface area contributed by atoms with Crippen molar-refractivity contribution in [1.29, 1.82) is 0 Å². The Hall–Kier alpha value is -2.65. The Bertz CT molecular complexity index is 1590. The highest BCUT2D eigenvalue weighted by Gasteiger charge is 2.28. The maximum absolute atomic E-state index is 13.0. The molecule has 3 heterocycles. The van der Waals surface area contributed by atoms with Gasteiger partial charge in [-0.3, -0.25) is 9.69 Å². The molecule has 1 aliphatic rings. The van der Waals surface area contributed by atoms with Gasteiger partial charge >= 0.3 is 0 Å². The van der Waals surface area contributed by atoms with E-state index in [4.69, 9.17) is 32.9 Å². The van der Waals surface area contributed by atoms with Crippen LogP contribution in [0.15, 0.2) is 72.8 Å². The Morgan fingerprint density at radius 3 is 2.62 bits per heavy atom. The van der Waals surface area contributed by atoms with E-state index in [0.29, 0.717) is 15.8 Å². The van der Waals surface area contributed by atoms with Crippen molar-refractivity contribution in [3.8, 4) is 16.3 Å². The summed E-state index contributed by atoms with van der Waals surface area (Å²) < 4.78 is 6.81. The maximum atomic E-state index is 13.0. The smallest absolute Gasteiger partial charge is 0.262 e. The Morgan fingerprint density at radius 1 is 1.03 bits per heavy atom. The molecule has 0 fully saturated rings. The number of benzene rings is 3. The van der Waals surface area contributed by atoms with E-state index in [9.17, 15) is 4.79 Å². The molecule has 10 heteroatoms. The van der Waals surface area contributed by atoms with E-state index in [2.05, 4.69) is 40.5 Å². The van der Waals surface area contributed by atoms with Crippen LogP contribution >= 0.6 is 58.3 Å². The van der Waals surface area contributed by atoms with E-state index >= 15 is 0 Å². The van der Waals surface area contributed by atoms with Crippen LogP contribution in [0.25, 0.3) is 20.8 Å². The number of thiophene rings is 1. The number of amides is 1. The van der Waals surface area contributed by atoms with Crippen molar-refractivity contribution < 1.29 is 9.53 Å². The van der Waals surface area contributed by atoms with Crippen molar-refractivity contribution in [2.45, 2.75) is 19.5 Å². The number of rotatable bonds is 7. The van der Waals surface area contributed by atoms with Gasteiger partial charge < -0.3 is 10.1 Å². The second kappa shape index (κ2) is 12.3. The summed E-state index contributed by atoms with van der Waals surface area (Å²) in [5, 5.41) is 5.73. The fourth-order valence-corrected chi connectivity index (χ4v) is 7.50. The highest BCUT2D eigenvalue weighted by atomic mass is 35.5. The molecule has 0 atom stereocenters. The Kier molecular flexibility index (Phi) is 8.76. The van der Waals surface area contributed by atoms with Crippen molar-refractivity contribution in [2.75, 3.05) is 18.5 Å². The fraction of sp³-hybridized carbons (Fsp3) is 0.172. The SMILES string of the molecule is Cl.O=C(COc1ccc(Cl)cc1Cl)Nc1sc2c(c1-c1nc3ccccc3s1)CCN(Cc1ccccc1)C2. The van der Waals surface area contributed by atoms with Crippen LogP contribution in [0.4, 0.5) is 5.00 Å². The zero-order valence-electron chi connectivity index (χ0n) is 20.7. The van der Waals surface area contributed by atoms with Crippen LogP contribution in [0.2, 0.25) is 10.0 Å². The lowest BCUT2D eigenvalue weighted by Crippen LogP contribution is -2.29. The van der Waals surface area contributed by atoms with E-state index in [1.54, 1.807) is 40.9 Å². The second-order valence-corrected chi connectivity index (χ2v) is 12.0. The molecule has 39 heavy (non-hydrogen) atoms. The summed E-state index contributed by atoms with van der Waals surface area (Å²) >= 11 is 15.5. The largest absolute Gasteiger partial charge is 0.482 e. The molecule has 0 saturated carbocycles. The monoisotopic (exact) mass is 615 g/mol. The summed E-state index contributed by atoms with van der Waals surface area (Å²) in [5.41, 5.74) is 4.57. The number of halogens is 3. The molecule has 1 aliphatic heterocycles. The number of fused-ring (bicyclic) bond motifs is 2. The predicted octanol–water partition coefficient (Wildman–Crippen LogP) is 8.33. The molecule has 0 aliphatic carbocycles. The van der Waals surface area contributed by atoms with Crippen molar-refractivity contribution in [1.82, 2.24) is 9.88 Å². The van der Waals surface area contributed by atoms with E-state index < -0.39 is 0 Å². The molecule has 2 aromatic heterocycles. The van der Waals surface area contributed by atoms with Gasteiger partial charge in [-0.05, 0) is 47.9 Å². The zero-order valence-corrected chi connectivity index (χ0v) is 24.6. The van der Waals surface area contributed by atoms with Crippen LogP contribution in [0.1, 0.15) is 16.0 Å². The first-order valence-corrected chi connectivity index (χ1v) is 14.6. The average molecular weight is 617 g/mol. The molecule has 0 unspecified atom stereocenters. The van der Waals surface area contributed by atoms with Crippen LogP contribution in [-0.4, -0.2) is 28.9 Å². The minimum absolute atomic E-state index is 0. The highest BCUT2D eigenvalue weighted by molar-refractivity contribution is 7.22. The third-order valence-electron chi connectivity index (χ3n) is 6.40. The molecule has 0 radical (unpaired) electrons. The van der Waals surface area contributed by atoms with Gasteiger partial charge in [0.1, 0.15) is 15.8 Å². The number of para-hydroxylation sites is 1. The van der Waals surface area contributed by atoms with Crippen LogP contribution in [-0.2, 0) is 24.3 Å². The van der Waals surface area contributed by atoms with Crippen molar-refractivity contribution in [3.63, 3.8) is 0 Å². The van der Waals surface area contributed by atoms with Gasteiger partial charge in [-0.25, -0.2) is 4.98 Å². The van der Waals surface area contributed by atoms with Crippen LogP contribution in [0.5, 0.6) is 5.75 Å². The molecule has 0 spiro atoms. The van der Waals surface area contributed by atoms with E-state index in [0.717, 1.165) is 51.8 Å². The summed E-state index contributed by atoms with van der Waals surface area (Å²) in [7, 11) is 0. The second-order valence-electron chi connectivity index (χ2n) is 9.05. The van der Waals surface area contributed by atoms with Gasteiger partial charge in [-0.2, -0.15) is 0 Å². The standard InChI is InChI=1S/C29H23Cl2N3O2S2.ClH/c30-19-10-11-23(21(31)14-19)36-17-26(35)33-29-27(28-32-22-8-4-5-9-24(22)37-28)20-12-13-34(16-25(20)38-29)15-18-6-2-1-3-7-18;/h1-11,14H,12-13,15-17H2,(H,33,35);1H. The molecule has 200 valence electrons. The lowest BCUT2D eigenvalue weighted by molar-refractivity contribution is -0.118. The Labute approximate surface area is 250 Å². The third-order valence-corrected chi connectivity index (χ3v) is 9.11. The number of hydrogen-bond acceptors (Lipinski definition) is 6. The van der Waals surface area contributed by atoms with Gasteiger partial charge in [0.25, 0.3) is 5.91 Å². The summed E-state index contributed by atoms with van der Waals surface area (Å²) in [6, 6.07) is 23.6. The first-order chi connectivity index (χ1) is 18.5. The number of nitrogens with one attached hydrogen (secondary N) is 1. The zero-order chi connectivity index (χ0) is 26.1. The third kappa shape index (κ3) is 6.24. The number of carbonyl (C=O) groups is 1. The molecule has 5 aromatic rings. The van der Waals surface area contributed by atoms with Gasteiger partial charge in [0.2, 0.25) is 0 Å². The lowest BCUT2D eigenvalue weighted by atomic mass is 10.0. The summed E-state index contributed by atoms with van der Waals surface area (Å²) in [4.78, 5) is 21.7. The first kappa shape index (κ1) is 27.9. The summed E-state index contributed by atoms with van der Waals surface area (Å²) in [6.07, 6.45) is 0.899. The fourth-order valence-electron chi connectivity index (χ4n) is 4.62. The number of anilines is 1. The number of hydrogen-bond donors (Lipinski definition) is 1. The molecule has 1 N–H and O–H groups in total. The summed E-state index contributed by atoms with van der Waals surface area (Å²) in [5.74, 6) is 0.165. The van der Waals surface area contributed by atoms with Crippen molar-refractivity contribution >= 4 is 79.4 Å². The molecule has 3 aromatic carbocycles. The molecule has 0 saturated heterocycles. The average Bonchev–Trinajstić information content (AvgIpc) is 3.49. The van der Waals surface area contributed by atoms with E-state index in [-0.39, 0.29) is 24.9 Å². The van der Waals surface area contributed by atoms with Gasteiger partial charge in [0, 0.05) is 35.1 Å². The van der Waals surface area contributed by atoms with Gasteiger partial charge in [0.05, 0.1) is 15.2 Å². The minimum Gasteiger partial charge on any atom is -0.482 e. The number of thiazole rings is 1. The molecular formula is C29H24Cl3N3O2S2.